The fourth-order valence-electron chi connectivity index (χ4n) is 2.18. The third-order valence-corrected chi connectivity index (χ3v) is 5.04. The van der Waals surface area contributed by atoms with Crippen LogP contribution in [0.15, 0.2) is 47.4 Å². The van der Waals surface area contributed by atoms with Gasteiger partial charge in [0.1, 0.15) is 17.3 Å². The number of methoxy groups -OCH3 is 2. The number of carbonyl (C=O) groups is 2. The minimum atomic E-state index is -4.23. The standard InChI is InChI=1S/C18H18FNO7S/c1-25-15-8-7-12(9-16(15)26-2)14(21)11-27-18(22)10-20-28(23,24)17-6-4-3-5-13(17)19/h3-9,20H,10-11H2,1-2H3. The van der Waals surface area contributed by atoms with Gasteiger partial charge in [-0.1, -0.05) is 12.1 Å². The second-order valence-corrected chi connectivity index (χ2v) is 7.14. The van der Waals surface area contributed by atoms with Gasteiger partial charge in [-0.25, -0.2) is 12.8 Å². The Morgan fingerprint density at radius 2 is 1.71 bits per heavy atom. The van der Waals surface area contributed by atoms with Crippen molar-refractivity contribution in [3.05, 3.63) is 53.8 Å². The van der Waals surface area contributed by atoms with E-state index in [1.807, 2.05) is 4.72 Å². The first-order valence-electron chi connectivity index (χ1n) is 7.93. The van der Waals surface area contributed by atoms with Gasteiger partial charge in [0.05, 0.1) is 14.2 Å². The maximum Gasteiger partial charge on any atom is 0.321 e. The number of halogens is 1. The maximum absolute atomic E-state index is 13.6. The van der Waals surface area contributed by atoms with Crippen LogP contribution in [-0.2, 0) is 19.6 Å². The smallest absolute Gasteiger partial charge is 0.321 e. The molecule has 0 aliphatic rings. The highest BCUT2D eigenvalue weighted by molar-refractivity contribution is 7.89. The summed E-state index contributed by atoms with van der Waals surface area (Å²) >= 11 is 0. The molecule has 10 heteroatoms. The minimum absolute atomic E-state index is 0.220. The molecule has 0 atom stereocenters. The molecule has 2 aromatic rings. The van der Waals surface area contributed by atoms with Crippen LogP contribution < -0.4 is 14.2 Å². The van der Waals surface area contributed by atoms with Crippen LogP contribution >= 0.6 is 0 Å². The van der Waals surface area contributed by atoms with Crippen molar-refractivity contribution in [2.24, 2.45) is 0 Å². The topological polar surface area (TPSA) is 108 Å². The van der Waals surface area contributed by atoms with E-state index in [4.69, 9.17) is 14.2 Å². The fraction of sp³-hybridized carbons (Fsp3) is 0.222. The number of hydrogen-bond donors (Lipinski definition) is 1. The van der Waals surface area contributed by atoms with E-state index in [0.29, 0.717) is 11.5 Å². The Kier molecular flexibility index (Phi) is 7.07. The quantitative estimate of drug-likeness (QED) is 0.493. The predicted molar refractivity (Wildman–Crippen MR) is 96.4 cm³/mol. The van der Waals surface area contributed by atoms with E-state index in [-0.39, 0.29) is 5.56 Å². The molecular weight excluding hydrogens is 393 g/mol. The third-order valence-electron chi connectivity index (χ3n) is 3.60. The van der Waals surface area contributed by atoms with Crippen molar-refractivity contribution >= 4 is 21.8 Å². The zero-order valence-electron chi connectivity index (χ0n) is 15.1. The number of sulfonamides is 1. The summed E-state index contributed by atoms with van der Waals surface area (Å²) in [4.78, 5) is 23.3. The maximum atomic E-state index is 13.6. The molecule has 1 N–H and O–H groups in total. The highest BCUT2D eigenvalue weighted by atomic mass is 32.2. The molecule has 2 aromatic carbocycles. The lowest BCUT2D eigenvalue weighted by Gasteiger charge is -2.10. The van der Waals surface area contributed by atoms with Crippen LogP contribution in [0, 0.1) is 5.82 Å². The molecule has 28 heavy (non-hydrogen) atoms. The fourth-order valence-corrected chi connectivity index (χ4v) is 3.23. The van der Waals surface area contributed by atoms with Gasteiger partial charge in [0.15, 0.2) is 23.9 Å². The van der Waals surface area contributed by atoms with Gasteiger partial charge in [0.2, 0.25) is 10.0 Å². The number of nitrogens with one attached hydrogen (secondary N) is 1. The summed E-state index contributed by atoms with van der Waals surface area (Å²) in [5.41, 5.74) is 0.220. The molecular formula is C18H18FNO7S. The average molecular weight is 411 g/mol. The van der Waals surface area contributed by atoms with Gasteiger partial charge >= 0.3 is 5.97 Å². The lowest BCUT2D eigenvalue weighted by molar-refractivity contribution is -0.141. The first kappa shape index (κ1) is 21.3. The van der Waals surface area contributed by atoms with Crippen molar-refractivity contribution in [2.75, 3.05) is 27.4 Å². The summed E-state index contributed by atoms with van der Waals surface area (Å²) in [5.74, 6) is -1.71. The van der Waals surface area contributed by atoms with E-state index < -0.39 is 45.6 Å². The normalized spacial score (nSPS) is 11.0. The van der Waals surface area contributed by atoms with E-state index in [2.05, 4.69) is 0 Å². The number of ketones is 1. The summed E-state index contributed by atoms with van der Waals surface area (Å²) in [7, 11) is -1.38. The van der Waals surface area contributed by atoms with Crippen molar-refractivity contribution in [2.45, 2.75) is 4.90 Å². The van der Waals surface area contributed by atoms with E-state index in [1.54, 1.807) is 0 Å². The van der Waals surface area contributed by atoms with Crippen LogP contribution in [0.5, 0.6) is 11.5 Å². The Bertz CT molecular complexity index is 976. The number of carbonyl (C=O) groups excluding carboxylic acids is 2. The van der Waals surface area contributed by atoms with E-state index in [0.717, 1.165) is 12.1 Å². The molecule has 2 rings (SSSR count). The number of esters is 1. The van der Waals surface area contributed by atoms with E-state index in [1.165, 1.54) is 44.6 Å². The van der Waals surface area contributed by atoms with Crippen molar-refractivity contribution in [1.82, 2.24) is 4.72 Å². The Labute approximate surface area is 161 Å². The molecule has 0 amide bonds. The van der Waals surface area contributed by atoms with Crippen molar-refractivity contribution < 1.29 is 36.6 Å². The summed E-state index contributed by atoms with van der Waals surface area (Å²) in [6.07, 6.45) is 0. The van der Waals surface area contributed by atoms with Gasteiger partial charge in [0, 0.05) is 5.56 Å². The largest absolute Gasteiger partial charge is 0.493 e. The second-order valence-electron chi connectivity index (χ2n) is 5.41. The van der Waals surface area contributed by atoms with Crippen LogP contribution in [0.3, 0.4) is 0 Å². The molecule has 0 saturated heterocycles. The monoisotopic (exact) mass is 411 g/mol. The highest BCUT2D eigenvalue weighted by Gasteiger charge is 2.20. The van der Waals surface area contributed by atoms with Gasteiger partial charge in [0.25, 0.3) is 0 Å². The van der Waals surface area contributed by atoms with E-state index in [9.17, 15) is 22.4 Å². The van der Waals surface area contributed by atoms with Crippen molar-refractivity contribution in [3.63, 3.8) is 0 Å². The zero-order chi connectivity index (χ0) is 20.7. The third kappa shape index (κ3) is 5.27. The first-order chi connectivity index (χ1) is 13.3. The highest BCUT2D eigenvalue weighted by Crippen LogP contribution is 2.27. The lowest BCUT2D eigenvalue weighted by atomic mass is 10.1. The van der Waals surface area contributed by atoms with Crippen LogP contribution in [-0.4, -0.2) is 47.5 Å². The number of Topliss-reactive ketones (excluding diaryl/α,β-unsaturated/α-hetero) is 1. The van der Waals surface area contributed by atoms with Gasteiger partial charge in [-0.15, -0.1) is 0 Å². The average Bonchev–Trinajstić information content (AvgIpc) is 2.70. The molecule has 0 unspecified atom stereocenters. The molecule has 0 spiro atoms. The summed E-state index contributed by atoms with van der Waals surface area (Å²) in [6, 6.07) is 9.14. The number of benzene rings is 2. The number of rotatable bonds is 9. The molecule has 0 bridgehead atoms. The van der Waals surface area contributed by atoms with Crippen LogP contribution in [0.25, 0.3) is 0 Å². The summed E-state index contributed by atoms with van der Waals surface area (Å²) in [6.45, 7) is -1.36. The Morgan fingerprint density at radius 3 is 2.36 bits per heavy atom. The lowest BCUT2D eigenvalue weighted by Crippen LogP contribution is -2.32. The molecule has 0 fully saturated rings. The van der Waals surface area contributed by atoms with Gasteiger partial charge in [-0.3, -0.25) is 9.59 Å². The SMILES string of the molecule is COc1ccc(C(=O)COC(=O)CNS(=O)(=O)c2ccccc2F)cc1OC. The molecule has 0 aliphatic heterocycles. The van der Waals surface area contributed by atoms with E-state index >= 15 is 0 Å². The number of hydrogen-bond acceptors (Lipinski definition) is 7. The van der Waals surface area contributed by atoms with Gasteiger partial charge in [-0.05, 0) is 30.3 Å². The molecule has 0 radical (unpaired) electrons. The number of ether oxygens (including phenoxy) is 3. The Balaban J connectivity index is 1.92. The van der Waals surface area contributed by atoms with Gasteiger partial charge < -0.3 is 14.2 Å². The van der Waals surface area contributed by atoms with Crippen LogP contribution in [0.1, 0.15) is 10.4 Å². The predicted octanol–water partition coefficient (Wildman–Crippen LogP) is 1.55. The second kappa shape index (κ2) is 9.29. The Morgan fingerprint density at radius 1 is 1.04 bits per heavy atom. The molecule has 0 aromatic heterocycles. The molecule has 0 aliphatic carbocycles. The summed E-state index contributed by atoms with van der Waals surface area (Å²) < 4.78 is 54.4. The molecule has 0 saturated carbocycles. The molecule has 0 heterocycles. The molecule has 8 nitrogen and oxygen atoms in total. The molecule has 150 valence electrons. The Hall–Kier alpha value is -2.98. The summed E-state index contributed by atoms with van der Waals surface area (Å²) in [5, 5.41) is 0. The van der Waals surface area contributed by atoms with Crippen molar-refractivity contribution in [1.29, 1.82) is 0 Å². The first-order valence-corrected chi connectivity index (χ1v) is 9.42. The van der Waals surface area contributed by atoms with Crippen molar-refractivity contribution in [3.8, 4) is 11.5 Å². The van der Waals surface area contributed by atoms with Crippen LogP contribution in [0.2, 0.25) is 0 Å². The zero-order valence-corrected chi connectivity index (χ0v) is 15.9. The minimum Gasteiger partial charge on any atom is -0.493 e. The van der Waals surface area contributed by atoms with Crippen LogP contribution in [0.4, 0.5) is 4.39 Å². The van der Waals surface area contributed by atoms with Gasteiger partial charge in [-0.2, -0.15) is 4.72 Å².